The second-order valence-corrected chi connectivity index (χ2v) is 4.88. The standard InChI is InChI=1S/C16H15N3/c1-19(16-9-6-12(10-17)11-18-16)15-8-7-13-4-2-3-5-14(13)15/h2-6,9,11,15H,7-8H2,1H3. The van der Waals surface area contributed by atoms with Gasteiger partial charge >= 0.3 is 0 Å². The van der Waals surface area contributed by atoms with Gasteiger partial charge in [-0.3, -0.25) is 0 Å². The van der Waals surface area contributed by atoms with E-state index in [1.54, 1.807) is 6.20 Å². The zero-order chi connectivity index (χ0) is 13.2. The number of aryl methyl sites for hydroxylation is 1. The summed E-state index contributed by atoms with van der Waals surface area (Å²) in [6.07, 6.45) is 3.88. The van der Waals surface area contributed by atoms with Crippen molar-refractivity contribution in [2.75, 3.05) is 11.9 Å². The minimum absolute atomic E-state index is 0.386. The van der Waals surface area contributed by atoms with Crippen molar-refractivity contribution >= 4 is 5.82 Å². The molecule has 0 saturated carbocycles. The Kier molecular flexibility index (Phi) is 2.92. The fourth-order valence-corrected chi connectivity index (χ4v) is 2.76. The summed E-state index contributed by atoms with van der Waals surface area (Å²) >= 11 is 0. The van der Waals surface area contributed by atoms with Crippen molar-refractivity contribution in [3.63, 3.8) is 0 Å². The summed E-state index contributed by atoms with van der Waals surface area (Å²) in [6.45, 7) is 0. The fourth-order valence-electron chi connectivity index (χ4n) is 2.76. The highest BCUT2D eigenvalue weighted by Crippen LogP contribution is 2.36. The second kappa shape index (κ2) is 4.74. The van der Waals surface area contributed by atoms with Gasteiger partial charge in [-0.1, -0.05) is 24.3 Å². The number of hydrogen-bond acceptors (Lipinski definition) is 3. The van der Waals surface area contributed by atoms with Crippen LogP contribution in [0.5, 0.6) is 0 Å². The van der Waals surface area contributed by atoms with E-state index in [2.05, 4.69) is 47.3 Å². The molecule has 2 aromatic rings. The van der Waals surface area contributed by atoms with Crippen LogP contribution < -0.4 is 4.90 Å². The minimum atomic E-state index is 0.386. The molecule has 0 fully saturated rings. The van der Waals surface area contributed by atoms with E-state index in [0.717, 1.165) is 18.7 Å². The van der Waals surface area contributed by atoms with E-state index in [-0.39, 0.29) is 0 Å². The monoisotopic (exact) mass is 249 g/mol. The summed E-state index contributed by atoms with van der Waals surface area (Å²) in [7, 11) is 2.07. The topological polar surface area (TPSA) is 39.9 Å². The Balaban J connectivity index is 1.89. The van der Waals surface area contributed by atoms with Gasteiger partial charge in [-0.05, 0) is 36.1 Å². The summed E-state index contributed by atoms with van der Waals surface area (Å²) < 4.78 is 0. The van der Waals surface area contributed by atoms with Gasteiger partial charge in [0.25, 0.3) is 0 Å². The molecule has 1 aliphatic rings. The van der Waals surface area contributed by atoms with E-state index in [4.69, 9.17) is 5.26 Å². The van der Waals surface area contributed by atoms with Crippen molar-refractivity contribution in [1.29, 1.82) is 5.26 Å². The maximum Gasteiger partial charge on any atom is 0.128 e. The maximum atomic E-state index is 8.81. The second-order valence-electron chi connectivity index (χ2n) is 4.88. The van der Waals surface area contributed by atoms with Gasteiger partial charge in [0.05, 0.1) is 11.6 Å². The van der Waals surface area contributed by atoms with E-state index in [0.29, 0.717) is 11.6 Å². The fraction of sp³-hybridized carbons (Fsp3) is 0.250. The van der Waals surface area contributed by atoms with Crippen molar-refractivity contribution in [2.24, 2.45) is 0 Å². The maximum absolute atomic E-state index is 8.81. The van der Waals surface area contributed by atoms with Crippen molar-refractivity contribution < 1.29 is 0 Å². The van der Waals surface area contributed by atoms with E-state index in [9.17, 15) is 0 Å². The first-order valence-electron chi connectivity index (χ1n) is 6.46. The molecule has 1 atom stereocenters. The molecule has 1 aromatic carbocycles. The number of rotatable bonds is 2. The predicted molar refractivity (Wildman–Crippen MR) is 74.9 cm³/mol. The Morgan fingerprint density at radius 3 is 2.84 bits per heavy atom. The SMILES string of the molecule is CN(c1ccc(C#N)cn1)C1CCc2ccccc21. The van der Waals surface area contributed by atoms with Crippen LogP contribution in [0, 0.1) is 11.3 Å². The van der Waals surface area contributed by atoms with Crippen LogP contribution in [0.3, 0.4) is 0 Å². The molecule has 1 aliphatic carbocycles. The first-order valence-corrected chi connectivity index (χ1v) is 6.46. The van der Waals surface area contributed by atoms with Crippen LogP contribution in [0.2, 0.25) is 0 Å². The van der Waals surface area contributed by atoms with Crippen LogP contribution in [0.1, 0.15) is 29.2 Å². The summed E-state index contributed by atoms with van der Waals surface area (Å²) in [6, 6.07) is 14.8. The molecular formula is C16H15N3. The van der Waals surface area contributed by atoms with Gasteiger partial charge < -0.3 is 4.90 Å². The number of benzene rings is 1. The Labute approximate surface area is 113 Å². The molecule has 1 aromatic heterocycles. The van der Waals surface area contributed by atoms with E-state index in [1.165, 1.54) is 11.1 Å². The number of anilines is 1. The van der Waals surface area contributed by atoms with Crippen molar-refractivity contribution in [2.45, 2.75) is 18.9 Å². The van der Waals surface area contributed by atoms with E-state index in [1.807, 2.05) is 12.1 Å². The lowest BCUT2D eigenvalue weighted by atomic mass is 10.1. The molecule has 0 bridgehead atoms. The van der Waals surface area contributed by atoms with Crippen LogP contribution in [-0.4, -0.2) is 12.0 Å². The summed E-state index contributed by atoms with van der Waals surface area (Å²) in [5.41, 5.74) is 3.44. The molecule has 3 heteroatoms. The zero-order valence-corrected chi connectivity index (χ0v) is 10.9. The smallest absolute Gasteiger partial charge is 0.128 e. The first-order chi connectivity index (χ1) is 9.29. The van der Waals surface area contributed by atoms with Gasteiger partial charge in [-0.15, -0.1) is 0 Å². The summed E-state index contributed by atoms with van der Waals surface area (Å²) in [5.74, 6) is 0.917. The summed E-state index contributed by atoms with van der Waals surface area (Å²) in [5, 5.41) is 8.81. The normalized spacial score (nSPS) is 16.7. The molecule has 1 unspecified atom stereocenters. The third kappa shape index (κ3) is 2.06. The van der Waals surface area contributed by atoms with Crippen molar-refractivity contribution in [3.05, 3.63) is 59.3 Å². The molecular weight excluding hydrogens is 234 g/mol. The van der Waals surface area contributed by atoms with Gasteiger partial charge in [-0.25, -0.2) is 4.98 Å². The molecule has 0 aliphatic heterocycles. The van der Waals surface area contributed by atoms with Crippen molar-refractivity contribution in [1.82, 2.24) is 4.98 Å². The number of hydrogen-bond donors (Lipinski definition) is 0. The molecule has 3 nitrogen and oxygen atoms in total. The molecule has 0 N–H and O–H groups in total. The zero-order valence-electron chi connectivity index (χ0n) is 10.9. The lowest BCUT2D eigenvalue weighted by Gasteiger charge is -2.26. The number of nitrogens with zero attached hydrogens (tertiary/aromatic N) is 3. The van der Waals surface area contributed by atoms with Gasteiger partial charge in [0.15, 0.2) is 0 Å². The molecule has 0 spiro atoms. The first kappa shape index (κ1) is 11.7. The molecule has 94 valence electrons. The highest BCUT2D eigenvalue weighted by molar-refractivity contribution is 5.47. The number of nitriles is 1. The van der Waals surface area contributed by atoms with Gasteiger partial charge in [0, 0.05) is 13.2 Å². The van der Waals surface area contributed by atoms with Gasteiger partial charge in [-0.2, -0.15) is 5.26 Å². The van der Waals surface area contributed by atoms with Gasteiger partial charge in [0.1, 0.15) is 11.9 Å². The average molecular weight is 249 g/mol. The molecule has 3 rings (SSSR count). The molecule has 1 heterocycles. The number of fused-ring (bicyclic) bond motifs is 1. The van der Waals surface area contributed by atoms with E-state index >= 15 is 0 Å². The Morgan fingerprint density at radius 2 is 2.11 bits per heavy atom. The van der Waals surface area contributed by atoms with Crippen LogP contribution in [0.15, 0.2) is 42.6 Å². The number of aromatic nitrogens is 1. The van der Waals surface area contributed by atoms with Crippen LogP contribution in [-0.2, 0) is 6.42 Å². The molecule has 0 radical (unpaired) electrons. The predicted octanol–water partition coefficient (Wildman–Crippen LogP) is 3.08. The number of pyridine rings is 1. The van der Waals surface area contributed by atoms with Crippen LogP contribution in [0.4, 0.5) is 5.82 Å². The summed E-state index contributed by atoms with van der Waals surface area (Å²) in [4.78, 5) is 6.57. The molecule has 19 heavy (non-hydrogen) atoms. The van der Waals surface area contributed by atoms with Crippen molar-refractivity contribution in [3.8, 4) is 6.07 Å². The average Bonchev–Trinajstić information content (AvgIpc) is 2.90. The lowest BCUT2D eigenvalue weighted by Crippen LogP contribution is -2.23. The molecule has 0 amide bonds. The third-order valence-electron chi connectivity index (χ3n) is 3.81. The Bertz CT molecular complexity index is 625. The highest BCUT2D eigenvalue weighted by atomic mass is 15.2. The molecule has 0 saturated heterocycles. The third-order valence-corrected chi connectivity index (χ3v) is 3.81. The van der Waals surface area contributed by atoms with Gasteiger partial charge in [0.2, 0.25) is 0 Å². The Morgan fingerprint density at radius 1 is 1.26 bits per heavy atom. The minimum Gasteiger partial charge on any atom is -0.353 e. The van der Waals surface area contributed by atoms with Crippen LogP contribution >= 0.6 is 0 Å². The Hall–Kier alpha value is -2.34. The lowest BCUT2D eigenvalue weighted by molar-refractivity contribution is 0.655. The van der Waals surface area contributed by atoms with Crippen LogP contribution in [0.25, 0.3) is 0 Å². The van der Waals surface area contributed by atoms with E-state index < -0.39 is 0 Å². The quantitative estimate of drug-likeness (QED) is 0.821. The largest absolute Gasteiger partial charge is 0.353 e. The highest BCUT2D eigenvalue weighted by Gasteiger charge is 2.26.